The third-order valence-electron chi connectivity index (χ3n) is 3.86. The molecule has 0 spiro atoms. The van der Waals surface area contributed by atoms with Crippen molar-refractivity contribution < 1.29 is 4.43 Å². The Bertz CT molecular complexity index is 255. The van der Waals surface area contributed by atoms with E-state index in [2.05, 4.69) is 25.9 Å². The molecule has 0 aliphatic rings. The van der Waals surface area contributed by atoms with Crippen LogP contribution in [0, 0.1) is 12.3 Å². The van der Waals surface area contributed by atoms with Crippen LogP contribution in [0.1, 0.15) is 78.1 Å². The molecule has 20 heavy (non-hydrogen) atoms. The van der Waals surface area contributed by atoms with Crippen molar-refractivity contribution in [1.82, 2.24) is 0 Å². The van der Waals surface area contributed by atoms with Crippen LogP contribution in [0.4, 0.5) is 0 Å². The second-order valence-corrected chi connectivity index (χ2v) is 10.9. The molecule has 0 N–H and O–H groups in total. The maximum atomic E-state index is 5.97. The van der Waals surface area contributed by atoms with E-state index in [4.69, 9.17) is 10.8 Å². The lowest BCUT2D eigenvalue weighted by Gasteiger charge is -2.24. The molecule has 1 atom stereocenters. The smallest absolute Gasteiger partial charge is 0.188 e. The Morgan fingerprint density at radius 1 is 0.900 bits per heavy atom. The van der Waals surface area contributed by atoms with E-state index in [0.29, 0.717) is 0 Å². The highest BCUT2D eigenvalue weighted by atomic mass is 28.4. The highest BCUT2D eigenvalue weighted by Gasteiger charge is 2.23. The summed E-state index contributed by atoms with van der Waals surface area (Å²) >= 11 is 0. The van der Waals surface area contributed by atoms with Gasteiger partial charge in [-0.3, -0.25) is 0 Å². The van der Waals surface area contributed by atoms with Crippen LogP contribution in [0.15, 0.2) is 0 Å². The predicted octanol–water partition coefficient (Wildman–Crippen LogP) is 6.15. The van der Waals surface area contributed by atoms with Crippen molar-refractivity contribution in [2.75, 3.05) is 0 Å². The van der Waals surface area contributed by atoms with Gasteiger partial charge in [0.25, 0.3) is 0 Å². The first-order chi connectivity index (χ1) is 9.52. The van der Waals surface area contributed by atoms with Gasteiger partial charge in [-0.25, -0.2) is 0 Å². The molecule has 0 heterocycles. The van der Waals surface area contributed by atoms with Gasteiger partial charge in [-0.05, 0) is 26.1 Å². The third-order valence-corrected chi connectivity index (χ3v) is 6.41. The number of terminal acetylenes is 1. The van der Waals surface area contributed by atoms with Gasteiger partial charge in [0, 0.05) is 0 Å². The Labute approximate surface area is 129 Å². The van der Waals surface area contributed by atoms with Crippen molar-refractivity contribution in [2.45, 2.75) is 103 Å². The summed E-state index contributed by atoms with van der Waals surface area (Å²) in [6, 6.07) is 1.25. The minimum atomic E-state index is -1.52. The van der Waals surface area contributed by atoms with Crippen LogP contribution >= 0.6 is 0 Å². The van der Waals surface area contributed by atoms with Gasteiger partial charge in [0.1, 0.15) is 6.10 Å². The van der Waals surface area contributed by atoms with Crippen LogP contribution in [0.3, 0.4) is 0 Å². The lowest BCUT2D eigenvalue weighted by molar-refractivity contribution is 0.267. The van der Waals surface area contributed by atoms with Gasteiger partial charge in [0.2, 0.25) is 0 Å². The molecule has 0 aromatic heterocycles. The number of unbranched alkanes of at least 4 members (excludes halogenated alkanes) is 9. The molecule has 1 unspecified atom stereocenters. The maximum Gasteiger partial charge on any atom is 0.188 e. The molecule has 0 aromatic rings. The largest absolute Gasteiger partial charge is 0.404 e. The number of hydrogen-bond donors (Lipinski definition) is 0. The van der Waals surface area contributed by atoms with E-state index in [1.54, 1.807) is 0 Å². The molecule has 0 aliphatic heterocycles. The normalized spacial score (nSPS) is 13.2. The summed E-state index contributed by atoms with van der Waals surface area (Å²) in [7, 11) is -1.52. The molecule has 118 valence electrons. The summed E-state index contributed by atoms with van der Waals surface area (Å²) in [5, 5.41) is 0. The van der Waals surface area contributed by atoms with Crippen LogP contribution in [0.5, 0.6) is 0 Å². The van der Waals surface area contributed by atoms with Crippen molar-refractivity contribution in [3.05, 3.63) is 0 Å². The average molecular weight is 297 g/mol. The van der Waals surface area contributed by atoms with E-state index in [-0.39, 0.29) is 6.10 Å². The molecular weight excluding hydrogens is 260 g/mol. The molecule has 0 radical (unpaired) electrons. The molecule has 1 nitrogen and oxygen atoms in total. The second kappa shape index (κ2) is 12.5. The first kappa shape index (κ1) is 19.7. The SMILES string of the molecule is C#CC(C)O[Si](C)(C)CCCCCCCCCCCC. The molecule has 0 fully saturated rings. The fraction of sp³-hybridized carbons (Fsp3) is 0.889. The van der Waals surface area contributed by atoms with E-state index in [1.165, 1.54) is 70.3 Å². The molecule has 0 saturated heterocycles. The summed E-state index contributed by atoms with van der Waals surface area (Å²) in [5.41, 5.74) is 0. The minimum absolute atomic E-state index is 0.0141. The lowest BCUT2D eigenvalue weighted by Crippen LogP contribution is -2.33. The van der Waals surface area contributed by atoms with Crippen LogP contribution in [0.25, 0.3) is 0 Å². The topological polar surface area (TPSA) is 9.23 Å². The zero-order valence-corrected chi connectivity index (χ0v) is 15.3. The highest BCUT2D eigenvalue weighted by Crippen LogP contribution is 2.19. The first-order valence-corrected chi connectivity index (χ1v) is 11.8. The summed E-state index contributed by atoms with van der Waals surface area (Å²) < 4.78 is 5.97. The van der Waals surface area contributed by atoms with E-state index in [1.807, 2.05) is 6.92 Å². The minimum Gasteiger partial charge on any atom is -0.404 e. The van der Waals surface area contributed by atoms with Gasteiger partial charge in [0.15, 0.2) is 8.32 Å². The van der Waals surface area contributed by atoms with E-state index < -0.39 is 8.32 Å². The molecule has 0 saturated carbocycles. The Hall–Kier alpha value is -0.263. The number of rotatable bonds is 13. The molecular formula is C18H36OSi. The van der Waals surface area contributed by atoms with Crippen LogP contribution in [-0.4, -0.2) is 14.4 Å². The lowest BCUT2D eigenvalue weighted by atomic mass is 10.1. The predicted molar refractivity (Wildman–Crippen MR) is 93.5 cm³/mol. The quantitative estimate of drug-likeness (QED) is 0.225. The van der Waals surface area contributed by atoms with Gasteiger partial charge in [-0.15, -0.1) is 6.42 Å². The molecule has 0 aromatic carbocycles. The first-order valence-electron chi connectivity index (χ1n) is 8.66. The highest BCUT2D eigenvalue weighted by molar-refractivity contribution is 6.71. The van der Waals surface area contributed by atoms with Crippen molar-refractivity contribution in [1.29, 1.82) is 0 Å². The Kier molecular flexibility index (Phi) is 12.3. The van der Waals surface area contributed by atoms with E-state index in [0.717, 1.165) is 0 Å². The zero-order valence-electron chi connectivity index (χ0n) is 14.3. The number of hydrogen-bond acceptors (Lipinski definition) is 1. The third kappa shape index (κ3) is 12.8. The summed E-state index contributed by atoms with van der Waals surface area (Å²) in [5.74, 6) is 2.67. The molecule has 0 amide bonds. The summed E-state index contributed by atoms with van der Waals surface area (Å²) in [6.07, 6.45) is 19.3. The average Bonchev–Trinajstić information content (AvgIpc) is 2.40. The van der Waals surface area contributed by atoms with Gasteiger partial charge in [-0.1, -0.05) is 77.1 Å². The summed E-state index contributed by atoms with van der Waals surface area (Å²) in [4.78, 5) is 0. The standard InChI is InChI=1S/C18H36OSi/c1-6-8-9-10-11-12-13-14-15-16-17-20(4,5)19-18(3)7-2/h2,18H,6,8-17H2,1,3-5H3. The van der Waals surface area contributed by atoms with Gasteiger partial charge in [0.05, 0.1) is 0 Å². The van der Waals surface area contributed by atoms with Crippen LogP contribution in [-0.2, 0) is 4.43 Å². The maximum absolute atomic E-state index is 5.97. The fourth-order valence-electron chi connectivity index (χ4n) is 2.61. The van der Waals surface area contributed by atoms with Gasteiger partial charge < -0.3 is 4.43 Å². The molecule has 2 heteroatoms. The zero-order chi connectivity index (χ0) is 15.3. The van der Waals surface area contributed by atoms with Crippen LogP contribution in [0.2, 0.25) is 19.1 Å². The fourth-order valence-corrected chi connectivity index (χ4v) is 4.85. The molecule has 0 rings (SSSR count). The van der Waals surface area contributed by atoms with Gasteiger partial charge >= 0.3 is 0 Å². The van der Waals surface area contributed by atoms with Crippen LogP contribution < -0.4 is 0 Å². The molecule has 0 bridgehead atoms. The monoisotopic (exact) mass is 296 g/mol. The van der Waals surface area contributed by atoms with Crippen molar-refractivity contribution in [3.8, 4) is 12.3 Å². The van der Waals surface area contributed by atoms with E-state index in [9.17, 15) is 0 Å². The molecule has 0 aliphatic carbocycles. The summed E-state index contributed by atoms with van der Waals surface area (Å²) in [6.45, 7) is 8.83. The Morgan fingerprint density at radius 3 is 1.80 bits per heavy atom. The Morgan fingerprint density at radius 2 is 1.35 bits per heavy atom. The Balaban J connectivity index is 3.37. The second-order valence-electron chi connectivity index (χ2n) is 6.62. The van der Waals surface area contributed by atoms with E-state index >= 15 is 0 Å². The van der Waals surface area contributed by atoms with Crippen molar-refractivity contribution >= 4 is 8.32 Å². The van der Waals surface area contributed by atoms with Crippen molar-refractivity contribution in [2.24, 2.45) is 0 Å². The van der Waals surface area contributed by atoms with Gasteiger partial charge in [-0.2, -0.15) is 0 Å². The van der Waals surface area contributed by atoms with Crippen molar-refractivity contribution in [3.63, 3.8) is 0 Å².